The fraction of sp³-hybridized carbons (Fsp3) is 0. The average Bonchev–Trinajstić information content (AvgIpc) is 3.48. The Morgan fingerprint density at radius 1 is 0.230 bits per heavy atom. The van der Waals surface area contributed by atoms with Crippen molar-refractivity contribution in [3.63, 3.8) is 0 Å². The molecule has 14 rings (SSSR count). The molecule has 0 saturated carbocycles. The zero-order valence-corrected chi connectivity index (χ0v) is 40.1. The number of benzene rings is 11. The van der Waals surface area contributed by atoms with Crippen molar-refractivity contribution in [1.82, 2.24) is 24.9 Å². The fourth-order valence-corrected chi connectivity index (χ4v) is 10.6. The second-order valence-electron chi connectivity index (χ2n) is 18.9. The molecule has 0 spiro atoms. The van der Waals surface area contributed by atoms with E-state index in [-0.39, 0.29) is 0 Å². The highest BCUT2D eigenvalue weighted by Gasteiger charge is 2.18. The zero-order chi connectivity index (χ0) is 49.0. The van der Waals surface area contributed by atoms with Gasteiger partial charge in [0.15, 0.2) is 17.5 Å². The van der Waals surface area contributed by atoms with Gasteiger partial charge in [-0.1, -0.05) is 200 Å². The highest BCUT2D eigenvalue weighted by atomic mass is 15.0. The van der Waals surface area contributed by atoms with E-state index in [0.717, 1.165) is 105 Å². The summed E-state index contributed by atoms with van der Waals surface area (Å²) in [7, 11) is 0. The maximum atomic E-state index is 5.18. The van der Waals surface area contributed by atoms with Crippen molar-refractivity contribution in [2.75, 3.05) is 0 Å². The van der Waals surface area contributed by atoms with Crippen LogP contribution >= 0.6 is 0 Å². The maximum absolute atomic E-state index is 5.18. The molecule has 74 heavy (non-hydrogen) atoms. The van der Waals surface area contributed by atoms with E-state index in [9.17, 15) is 0 Å². The molecule has 0 saturated heterocycles. The van der Waals surface area contributed by atoms with Gasteiger partial charge < -0.3 is 0 Å². The number of nitrogens with zero attached hydrogens (tertiary/aromatic N) is 5. The molecule has 11 aromatic carbocycles. The molecule has 0 unspecified atom stereocenters. The minimum atomic E-state index is 0.627. The molecular formula is C69H43N5. The molecule has 0 aliphatic carbocycles. The summed E-state index contributed by atoms with van der Waals surface area (Å²) in [5.41, 5.74) is 14.9. The number of hydrogen-bond donors (Lipinski definition) is 0. The van der Waals surface area contributed by atoms with Crippen LogP contribution < -0.4 is 0 Å². The predicted octanol–water partition coefficient (Wildman–Crippen LogP) is 17.8. The van der Waals surface area contributed by atoms with Crippen LogP contribution in [-0.2, 0) is 0 Å². The third-order valence-electron chi connectivity index (χ3n) is 14.4. The van der Waals surface area contributed by atoms with Gasteiger partial charge in [-0.15, -0.1) is 0 Å². The van der Waals surface area contributed by atoms with Gasteiger partial charge in [0.2, 0.25) is 0 Å². The Kier molecular flexibility index (Phi) is 10.4. The molecule has 0 bridgehead atoms. The summed E-state index contributed by atoms with van der Waals surface area (Å²) in [5.74, 6) is 1.89. The summed E-state index contributed by atoms with van der Waals surface area (Å²) in [6.07, 6.45) is 3.80. The minimum absolute atomic E-state index is 0.627. The van der Waals surface area contributed by atoms with Gasteiger partial charge in [-0.2, -0.15) is 0 Å². The molecule has 0 N–H and O–H groups in total. The van der Waals surface area contributed by atoms with Crippen molar-refractivity contribution >= 4 is 54.0 Å². The lowest BCUT2D eigenvalue weighted by Gasteiger charge is -2.15. The van der Waals surface area contributed by atoms with Crippen LogP contribution in [0.5, 0.6) is 0 Å². The first-order valence-electron chi connectivity index (χ1n) is 24.9. The number of pyridine rings is 2. The molecule has 14 aromatic rings. The molecule has 3 heterocycles. The van der Waals surface area contributed by atoms with Crippen molar-refractivity contribution < 1.29 is 0 Å². The molecule has 5 heteroatoms. The first-order valence-corrected chi connectivity index (χ1v) is 24.9. The summed E-state index contributed by atoms with van der Waals surface area (Å²) in [4.78, 5) is 25.0. The molecule has 344 valence electrons. The lowest BCUT2D eigenvalue weighted by atomic mass is 9.89. The predicted molar refractivity (Wildman–Crippen MR) is 306 cm³/mol. The van der Waals surface area contributed by atoms with E-state index in [4.69, 9.17) is 19.9 Å². The second-order valence-corrected chi connectivity index (χ2v) is 18.9. The molecule has 0 radical (unpaired) electrons. The number of fused-ring (bicyclic) bond motifs is 6. The van der Waals surface area contributed by atoms with Crippen LogP contribution in [-0.4, -0.2) is 24.9 Å². The summed E-state index contributed by atoms with van der Waals surface area (Å²) in [6, 6.07) is 88.5. The van der Waals surface area contributed by atoms with E-state index in [0.29, 0.717) is 17.5 Å². The van der Waals surface area contributed by atoms with E-state index in [1.165, 1.54) is 21.9 Å². The quantitative estimate of drug-likeness (QED) is 0.142. The summed E-state index contributed by atoms with van der Waals surface area (Å²) in [6.45, 7) is 0. The molecule has 0 atom stereocenters. The van der Waals surface area contributed by atoms with Gasteiger partial charge in [0.25, 0.3) is 0 Å². The number of hydrogen-bond acceptors (Lipinski definition) is 5. The highest BCUT2D eigenvalue weighted by Crippen LogP contribution is 2.41. The molecule has 0 aliphatic rings. The first kappa shape index (κ1) is 42.9. The van der Waals surface area contributed by atoms with Crippen molar-refractivity contribution in [2.24, 2.45) is 0 Å². The molecular weight excluding hydrogens is 899 g/mol. The van der Waals surface area contributed by atoms with Crippen molar-refractivity contribution in [3.8, 4) is 89.9 Å². The molecule has 3 aromatic heterocycles. The molecule has 0 amide bonds. The molecule has 0 aliphatic heterocycles. The lowest BCUT2D eigenvalue weighted by Crippen LogP contribution is -2.00. The average molecular weight is 942 g/mol. The van der Waals surface area contributed by atoms with Crippen LogP contribution in [0.2, 0.25) is 0 Å². The largest absolute Gasteiger partial charge is 0.264 e. The first-order chi connectivity index (χ1) is 36.6. The van der Waals surface area contributed by atoms with Crippen LogP contribution in [0.1, 0.15) is 0 Å². The van der Waals surface area contributed by atoms with E-state index in [1.807, 2.05) is 79.1 Å². The van der Waals surface area contributed by atoms with Gasteiger partial charge in [-0.25, -0.2) is 19.9 Å². The fourth-order valence-electron chi connectivity index (χ4n) is 10.6. The Labute approximate surface area is 427 Å². The molecule has 0 fully saturated rings. The van der Waals surface area contributed by atoms with E-state index < -0.39 is 0 Å². The SMILES string of the molecule is c1ccc(-c2nc(-c3ccccc3)nc(-c3cccc4c(-c5cc(-c6ccc(-c7ccc8ccccc8c7)cc6)cc(-c6ccc7cc(-c8nc9ccccc9c9ccncc89)ccc7c6)c5)cccc34)n2)cc1. The Morgan fingerprint density at radius 2 is 0.716 bits per heavy atom. The third-order valence-corrected chi connectivity index (χ3v) is 14.4. The Bertz CT molecular complexity index is 4420. The number of aromatic nitrogens is 5. The maximum Gasteiger partial charge on any atom is 0.164 e. The number of para-hydroxylation sites is 1. The minimum Gasteiger partial charge on any atom is -0.264 e. The van der Waals surface area contributed by atoms with Crippen LogP contribution in [0.15, 0.2) is 261 Å². The number of rotatable bonds is 8. The summed E-state index contributed by atoms with van der Waals surface area (Å²) < 4.78 is 0. The van der Waals surface area contributed by atoms with Gasteiger partial charge in [-0.3, -0.25) is 4.98 Å². The van der Waals surface area contributed by atoms with Crippen molar-refractivity contribution in [1.29, 1.82) is 0 Å². The van der Waals surface area contributed by atoms with Crippen molar-refractivity contribution in [3.05, 3.63) is 261 Å². The van der Waals surface area contributed by atoms with Crippen LogP contribution in [0.4, 0.5) is 0 Å². The normalized spacial score (nSPS) is 11.5. The van der Waals surface area contributed by atoms with Crippen LogP contribution in [0.3, 0.4) is 0 Å². The standard InChI is InChI=1S/C69H43N5/c1-3-14-47(15-4-1)67-72-68(48-16-5-2-6-17-48)74-69(73-67)63-23-12-21-59-58(20-11-22-60(59)63)57-41-55(46-27-25-45(26-28-46)50-30-29-44-13-7-8-18-49(44)37-50)40-56(42-57)53-32-31-52-39-54(34-33-51(52)38-53)66-64-43-70-36-35-61(64)62-19-9-10-24-65(62)71-66/h1-43H. The summed E-state index contributed by atoms with van der Waals surface area (Å²) >= 11 is 0. The highest BCUT2D eigenvalue weighted by molar-refractivity contribution is 6.11. The Hall–Kier alpha value is -9.97. The zero-order valence-electron chi connectivity index (χ0n) is 40.1. The lowest BCUT2D eigenvalue weighted by molar-refractivity contribution is 1.08. The van der Waals surface area contributed by atoms with Gasteiger partial charge in [0, 0.05) is 45.4 Å². The van der Waals surface area contributed by atoms with Crippen LogP contribution in [0, 0.1) is 0 Å². The Morgan fingerprint density at radius 3 is 1.43 bits per heavy atom. The summed E-state index contributed by atoms with van der Waals surface area (Å²) in [5, 5.41) is 10.3. The van der Waals surface area contributed by atoms with Crippen molar-refractivity contribution in [2.45, 2.75) is 0 Å². The third kappa shape index (κ3) is 7.81. The van der Waals surface area contributed by atoms with Gasteiger partial charge >= 0.3 is 0 Å². The van der Waals surface area contributed by atoms with Gasteiger partial charge in [0.1, 0.15) is 0 Å². The van der Waals surface area contributed by atoms with Gasteiger partial charge in [-0.05, 0) is 131 Å². The second kappa shape index (κ2) is 18.0. The van der Waals surface area contributed by atoms with Crippen LogP contribution in [0.25, 0.3) is 144 Å². The topological polar surface area (TPSA) is 64.5 Å². The van der Waals surface area contributed by atoms with E-state index >= 15 is 0 Å². The molecule has 5 nitrogen and oxygen atoms in total. The monoisotopic (exact) mass is 941 g/mol. The van der Waals surface area contributed by atoms with Gasteiger partial charge in [0.05, 0.1) is 11.2 Å². The van der Waals surface area contributed by atoms with E-state index in [2.05, 4.69) is 187 Å². The van der Waals surface area contributed by atoms with E-state index in [1.54, 1.807) is 0 Å². The smallest absolute Gasteiger partial charge is 0.164 e. The Balaban J connectivity index is 0.903.